The summed E-state index contributed by atoms with van der Waals surface area (Å²) in [5.41, 5.74) is 5.00. The number of benzene rings is 1. The van der Waals surface area contributed by atoms with Crippen LogP contribution >= 0.6 is 0 Å². The third-order valence-corrected chi connectivity index (χ3v) is 3.44. The molecule has 0 fully saturated rings. The quantitative estimate of drug-likeness (QED) is 0.413. The Morgan fingerprint density at radius 3 is 1.96 bits per heavy atom. The van der Waals surface area contributed by atoms with Crippen LogP contribution in [0.4, 0.5) is 12.9 Å². The van der Waals surface area contributed by atoms with Crippen LogP contribution in [0.25, 0.3) is 0 Å². The van der Waals surface area contributed by atoms with Crippen LogP contribution in [0.3, 0.4) is 0 Å². The minimum Gasteiger partial charge on any atom is -0.449 e. The molecule has 0 unspecified atom stereocenters. The average Bonchev–Trinajstić information content (AvgIpc) is 2.48. The van der Waals surface area contributed by atoms with Gasteiger partial charge in [0.2, 0.25) is 11.4 Å². The molecule has 1 aromatic carbocycles. The van der Waals surface area contributed by atoms with Gasteiger partial charge in [-0.05, 0) is 37.3 Å². The summed E-state index contributed by atoms with van der Waals surface area (Å²) in [6.45, 7) is 2.81. The molecular weight excluding hydrogens is 326 g/mol. The number of pyridine rings is 1. The molecule has 2 rings (SSSR count). The fraction of sp³-hybridized carbons (Fsp3) is 0.421. The van der Waals surface area contributed by atoms with Crippen LogP contribution in [-0.4, -0.2) is 13.6 Å². The second kappa shape index (κ2) is 10.1. The smallest absolute Gasteiger partial charge is 0.449 e. The number of hydrogen-bond donors (Lipinski definition) is 0. The Kier molecular flexibility index (Phi) is 8.52. The third kappa shape index (κ3) is 9.80. The lowest BCUT2D eigenvalue weighted by molar-refractivity contribution is -0.899. The summed E-state index contributed by atoms with van der Waals surface area (Å²) in [6, 6.07) is 14.9. The van der Waals surface area contributed by atoms with Gasteiger partial charge >= 0.3 is 6.98 Å². The van der Waals surface area contributed by atoms with Gasteiger partial charge in [0, 0.05) is 30.7 Å². The first-order valence-electron chi connectivity index (χ1n) is 8.57. The van der Waals surface area contributed by atoms with Crippen LogP contribution in [0.15, 0.2) is 42.5 Å². The zero-order valence-electron chi connectivity index (χ0n) is 15.4. The van der Waals surface area contributed by atoms with E-state index >= 15 is 0 Å². The molecule has 0 aliphatic carbocycles. The maximum atomic E-state index is 10.4. The molecular formula is C19H27BF3NO. The van der Waals surface area contributed by atoms with E-state index in [-0.39, 0.29) is 6.82 Å². The first-order valence-corrected chi connectivity index (χ1v) is 8.57. The average molecular weight is 353 g/mol. The van der Waals surface area contributed by atoms with Crippen molar-refractivity contribution < 1.29 is 22.5 Å². The van der Waals surface area contributed by atoms with E-state index in [0.717, 1.165) is 37.3 Å². The van der Waals surface area contributed by atoms with Crippen molar-refractivity contribution in [2.75, 3.05) is 6.61 Å². The standard InChI is InChI=1S/C18H24NO.CH3BF3/c1-15-13-16(2)19(17(3)14-15)20-12-8-7-11-18-9-5-4-6-10-18;1-2(3,4)5/h4-6,9-10,13-14H,7-8,11-12H2,1-3H3;1H3/q+1;-1. The molecule has 138 valence electrons. The Morgan fingerprint density at radius 1 is 0.920 bits per heavy atom. The molecule has 0 saturated heterocycles. The topological polar surface area (TPSA) is 13.1 Å². The molecule has 0 saturated carbocycles. The summed E-state index contributed by atoms with van der Waals surface area (Å²) in [7, 11) is 0. The summed E-state index contributed by atoms with van der Waals surface area (Å²) in [5, 5.41) is 0. The van der Waals surface area contributed by atoms with Crippen LogP contribution < -0.4 is 9.57 Å². The largest absolute Gasteiger partial charge is 0.475 e. The number of nitrogens with zero attached hydrogens (tertiary/aromatic N) is 1. The van der Waals surface area contributed by atoms with Gasteiger partial charge in [-0.15, -0.1) is 0 Å². The van der Waals surface area contributed by atoms with Crippen LogP contribution in [0, 0.1) is 20.8 Å². The van der Waals surface area contributed by atoms with E-state index in [1.807, 2.05) is 4.73 Å². The zero-order valence-corrected chi connectivity index (χ0v) is 15.4. The van der Waals surface area contributed by atoms with Gasteiger partial charge in [-0.2, -0.15) is 0 Å². The van der Waals surface area contributed by atoms with Gasteiger partial charge in [0.05, 0.1) is 0 Å². The molecule has 0 amide bonds. The Bertz CT molecular complexity index is 616. The van der Waals surface area contributed by atoms with Crippen LogP contribution in [0.5, 0.6) is 0 Å². The highest BCUT2D eigenvalue weighted by atomic mass is 19.4. The molecule has 2 aromatic rings. The van der Waals surface area contributed by atoms with Crippen molar-refractivity contribution >= 4 is 6.98 Å². The molecule has 2 nitrogen and oxygen atoms in total. The van der Waals surface area contributed by atoms with Crippen molar-refractivity contribution in [3.05, 3.63) is 65.0 Å². The first kappa shape index (κ1) is 21.1. The molecule has 0 bridgehead atoms. The zero-order chi connectivity index (χ0) is 18.9. The molecule has 0 aliphatic heterocycles. The van der Waals surface area contributed by atoms with Crippen LogP contribution in [0.1, 0.15) is 35.4 Å². The van der Waals surface area contributed by atoms with E-state index in [9.17, 15) is 12.9 Å². The van der Waals surface area contributed by atoms with Crippen molar-refractivity contribution in [1.29, 1.82) is 0 Å². The van der Waals surface area contributed by atoms with Crippen molar-refractivity contribution in [2.24, 2.45) is 0 Å². The summed E-state index contributed by atoms with van der Waals surface area (Å²) >= 11 is 0. The Morgan fingerprint density at radius 2 is 1.44 bits per heavy atom. The SMILES string of the molecule is C[B-](F)(F)F.Cc1cc(C)[n+](OCCCCc2ccccc2)c(C)c1. The van der Waals surface area contributed by atoms with E-state index in [4.69, 9.17) is 4.84 Å². The maximum Gasteiger partial charge on any atom is 0.475 e. The van der Waals surface area contributed by atoms with E-state index in [0.29, 0.717) is 0 Å². The Labute approximate surface area is 148 Å². The Balaban J connectivity index is 0.000000550. The molecule has 0 N–H and O–H groups in total. The van der Waals surface area contributed by atoms with Gasteiger partial charge in [-0.1, -0.05) is 37.2 Å². The lowest BCUT2D eigenvalue weighted by Crippen LogP contribution is -2.48. The predicted octanol–water partition coefficient (Wildman–Crippen LogP) is 4.81. The molecule has 25 heavy (non-hydrogen) atoms. The van der Waals surface area contributed by atoms with E-state index in [1.54, 1.807) is 0 Å². The number of rotatable bonds is 6. The Hall–Kier alpha value is -1.98. The van der Waals surface area contributed by atoms with Crippen molar-refractivity contribution in [3.63, 3.8) is 0 Å². The number of halogens is 3. The fourth-order valence-corrected chi connectivity index (χ4v) is 2.53. The van der Waals surface area contributed by atoms with E-state index in [2.05, 4.69) is 63.2 Å². The summed E-state index contributed by atoms with van der Waals surface area (Å²) in [4.78, 5) is 5.88. The van der Waals surface area contributed by atoms with Gasteiger partial charge in [0.15, 0.2) is 6.61 Å². The number of hydrogen-bond acceptors (Lipinski definition) is 1. The van der Waals surface area contributed by atoms with Crippen LogP contribution in [-0.2, 0) is 6.42 Å². The van der Waals surface area contributed by atoms with E-state index in [1.165, 1.54) is 11.1 Å². The maximum absolute atomic E-state index is 10.4. The molecule has 0 atom stereocenters. The van der Waals surface area contributed by atoms with Gasteiger partial charge in [-0.3, -0.25) is 4.84 Å². The minimum atomic E-state index is -4.50. The number of aromatic nitrogens is 1. The second-order valence-electron chi connectivity index (χ2n) is 6.29. The first-order chi connectivity index (χ1) is 11.7. The number of aryl methyl sites for hydroxylation is 4. The van der Waals surface area contributed by atoms with Gasteiger partial charge < -0.3 is 12.9 Å². The molecule has 0 radical (unpaired) electrons. The normalized spacial score (nSPS) is 10.8. The fourth-order valence-electron chi connectivity index (χ4n) is 2.53. The lowest BCUT2D eigenvalue weighted by Gasteiger charge is -2.05. The van der Waals surface area contributed by atoms with Crippen LogP contribution in [0.2, 0.25) is 6.82 Å². The molecule has 1 heterocycles. The van der Waals surface area contributed by atoms with Gasteiger partial charge in [0.25, 0.3) is 0 Å². The molecule has 0 aliphatic rings. The molecule has 1 aromatic heterocycles. The predicted molar refractivity (Wildman–Crippen MR) is 96.6 cm³/mol. The third-order valence-electron chi connectivity index (χ3n) is 3.44. The van der Waals surface area contributed by atoms with Crippen molar-refractivity contribution in [3.8, 4) is 0 Å². The molecule has 6 heteroatoms. The lowest BCUT2D eigenvalue weighted by atomic mass is 9.99. The monoisotopic (exact) mass is 353 g/mol. The highest BCUT2D eigenvalue weighted by molar-refractivity contribution is 6.56. The summed E-state index contributed by atoms with van der Waals surface area (Å²) in [6.07, 6.45) is 3.36. The second-order valence-corrected chi connectivity index (χ2v) is 6.29. The summed E-state index contributed by atoms with van der Waals surface area (Å²) in [5.74, 6) is 0. The van der Waals surface area contributed by atoms with Gasteiger partial charge in [0.1, 0.15) is 0 Å². The molecule has 0 spiro atoms. The summed E-state index contributed by atoms with van der Waals surface area (Å²) < 4.78 is 33.2. The van der Waals surface area contributed by atoms with Crippen molar-refractivity contribution in [2.45, 2.75) is 46.9 Å². The van der Waals surface area contributed by atoms with E-state index < -0.39 is 6.98 Å². The minimum absolute atomic E-state index is 0.250. The highest BCUT2D eigenvalue weighted by Crippen LogP contribution is 2.05. The highest BCUT2D eigenvalue weighted by Gasteiger charge is 2.13. The van der Waals surface area contributed by atoms with Gasteiger partial charge in [-0.25, -0.2) is 0 Å². The van der Waals surface area contributed by atoms with Crippen molar-refractivity contribution in [1.82, 2.24) is 0 Å². The number of unbranched alkanes of at least 4 members (excludes halogenated alkanes) is 1.